The first kappa shape index (κ1) is 17.3. The van der Waals surface area contributed by atoms with E-state index in [4.69, 9.17) is 5.11 Å². The van der Waals surface area contributed by atoms with Gasteiger partial charge in [0.15, 0.2) is 0 Å². The molecule has 2 amide bonds. The van der Waals surface area contributed by atoms with Gasteiger partial charge in [0.05, 0.1) is 5.92 Å². The van der Waals surface area contributed by atoms with Crippen molar-refractivity contribution in [2.75, 3.05) is 20.1 Å². The van der Waals surface area contributed by atoms with Crippen LogP contribution in [0.25, 0.3) is 0 Å². The number of likely N-dealkylation sites (tertiary alicyclic amines) is 1. The summed E-state index contributed by atoms with van der Waals surface area (Å²) in [6.45, 7) is 5.70. The van der Waals surface area contributed by atoms with Gasteiger partial charge in [0.2, 0.25) is 5.91 Å². The molecule has 1 atom stereocenters. The van der Waals surface area contributed by atoms with Crippen LogP contribution in [0.15, 0.2) is 24.3 Å². The molecule has 5 nitrogen and oxygen atoms in total. The summed E-state index contributed by atoms with van der Waals surface area (Å²) in [5, 5.41) is 9.08. The second kappa shape index (κ2) is 7.49. The van der Waals surface area contributed by atoms with Crippen molar-refractivity contribution in [3.8, 4) is 0 Å². The molecule has 0 radical (unpaired) electrons. The predicted molar refractivity (Wildman–Crippen MR) is 89.3 cm³/mol. The van der Waals surface area contributed by atoms with E-state index >= 15 is 0 Å². The van der Waals surface area contributed by atoms with Gasteiger partial charge < -0.3 is 14.9 Å². The highest BCUT2D eigenvalue weighted by atomic mass is 16.4. The largest absolute Gasteiger partial charge is 0.465 e. The first-order valence-electron chi connectivity index (χ1n) is 8.20. The van der Waals surface area contributed by atoms with Gasteiger partial charge in [0.25, 0.3) is 0 Å². The first-order chi connectivity index (χ1) is 10.9. The zero-order valence-electron chi connectivity index (χ0n) is 14.2. The monoisotopic (exact) mass is 318 g/mol. The Morgan fingerprint density at radius 3 is 2.52 bits per heavy atom. The molecule has 2 rings (SSSR count). The summed E-state index contributed by atoms with van der Waals surface area (Å²) in [7, 11) is 1.79. The highest BCUT2D eigenvalue weighted by Gasteiger charge is 2.29. The van der Waals surface area contributed by atoms with E-state index in [1.165, 1.54) is 10.5 Å². The second-order valence-corrected chi connectivity index (χ2v) is 6.66. The minimum atomic E-state index is -0.936. The summed E-state index contributed by atoms with van der Waals surface area (Å²) >= 11 is 0. The smallest absolute Gasteiger partial charge is 0.407 e. The van der Waals surface area contributed by atoms with Crippen molar-refractivity contribution in [2.45, 2.75) is 39.2 Å². The van der Waals surface area contributed by atoms with E-state index in [-0.39, 0.29) is 11.8 Å². The van der Waals surface area contributed by atoms with Crippen LogP contribution in [-0.4, -0.2) is 47.0 Å². The van der Waals surface area contributed by atoms with Gasteiger partial charge in [-0.3, -0.25) is 4.79 Å². The van der Waals surface area contributed by atoms with Gasteiger partial charge in [-0.1, -0.05) is 38.1 Å². The highest BCUT2D eigenvalue weighted by molar-refractivity contribution is 5.79. The van der Waals surface area contributed by atoms with Crippen LogP contribution in [0.4, 0.5) is 4.79 Å². The molecular formula is C18H26N2O3. The number of benzene rings is 1. The van der Waals surface area contributed by atoms with Crippen molar-refractivity contribution < 1.29 is 14.7 Å². The third kappa shape index (κ3) is 4.47. The molecule has 1 heterocycles. The van der Waals surface area contributed by atoms with Crippen molar-refractivity contribution in [1.29, 1.82) is 0 Å². The highest BCUT2D eigenvalue weighted by Crippen LogP contribution is 2.20. The number of rotatable bonds is 4. The van der Waals surface area contributed by atoms with E-state index in [1.54, 1.807) is 11.9 Å². The van der Waals surface area contributed by atoms with Crippen LogP contribution in [0.2, 0.25) is 0 Å². The van der Waals surface area contributed by atoms with E-state index in [1.807, 2.05) is 0 Å². The summed E-state index contributed by atoms with van der Waals surface area (Å²) < 4.78 is 0. The predicted octanol–water partition coefficient (Wildman–Crippen LogP) is 3.16. The van der Waals surface area contributed by atoms with Crippen LogP contribution in [0.5, 0.6) is 0 Å². The van der Waals surface area contributed by atoms with E-state index in [9.17, 15) is 9.59 Å². The molecule has 0 spiro atoms. The molecule has 1 aromatic carbocycles. The molecule has 1 aliphatic heterocycles. The maximum absolute atomic E-state index is 12.6. The normalized spacial score (nSPS) is 18.1. The van der Waals surface area contributed by atoms with E-state index in [0.29, 0.717) is 25.6 Å². The van der Waals surface area contributed by atoms with Crippen LogP contribution in [0.3, 0.4) is 0 Å². The van der Waals surface area contributed by atoms with Crippen LogP contribution in [0.1, 0.15) is 43.7 Å². The number of carbonyl (C=O) groups is 2. The van der Waals surface area contributed by atoms with Gasteiger partial charge in [-0.05, 0) is 29.9 Å². The van der Waals surface area contributed by atoms with Crippen LogP contribution < -0.4 is 0 Å². The van der Waals surface area contributed by atoms with Crippen LogP contribution >= 0.6 is 0 Å². The molecule has 5 heteroatoms. The average molecular weight is 318 g/mol. The summed E-state index contributed by atoms with van der Waals surface area (Å²) in [5.74, 6) is 0.302. The summed E-state index contributed by atoms with van der Waals surface area (Å²) in [4.78, 5) is 26.7. The molecule has 1 fully saturated rings. The molecule has 0 saturated carbocycles. The SMILES string of the molecule is CC(C)c1ccc(CN(C)C(=O)[C@@H]2CCCN(C(=O)O)C2)cc1. The maximum atomic E-state index is 12.6. The Morgan fingerprint density at radius 2 is 1.96 bits per heavy atom. The quantitative estimate of drug-likeness (QED) is 0.927. The lowest BCUT2D eigenvalue weighted by molar-refractivity contribution is -0.136. The zero-order chi connectivity index (χ0) is 17.0. The van der Waals surface area contributed by atoms with Crippen molar-refractivity contribution in [2.24, 2.45) is 5.92 Å². The molecule has 1 saturated heterocycles. The molecule has 0 aliphatic carbocycles. The zero-order valence-corrected chi connectivity index (χ0v) is 14.2. The molecule has 23 heavy (non-hydrogen) atoms. The lowest BCUT2D eigenvalue weighted by atomic mass is 9.96. The maximum Gasteiger partial charge on any atom is 0.407 e. The Balaban J connectivity index is 1.95. The molecule has 1 aromatic rings. The first-order valence-corrected chi connectivity index (χ1v) is 8.20. The number of hydrogen-bond donors (Lipinski definition) is 1. The number of carbonyl (C=O) groups excluding carboxylic acids is 1. The molecule has 1 aliphatic rings. The molecule has 1 N–H and O–H groups in total. The van der Waals surface area contributed by atoms with Crippen LogP contribution in [0, 0.1) is 5.92 Å². The fourth-order valence-corrected chi connectivity index (χ4v) is 3.02. The molecular weight excluding hydrogens is 292 g/mol. The van der Waals surface area contributed by atoms with Gasteiger partial charge in [-0.2, -0.15) is 0 Å². The second-order valence-electron chi connectivity index (χ2n) is 6.66. The van der Waals surface area contributed by atoms with Crippen molar-refractivity contribution in [3.05, 3.63) is 35.4 Å². The topological polar surface area (TPSA) is 60.9 Å². The Hall–Kier alpha value is -2.04. The molecule has 0 aromatic heterocycles. The fourth-order valence-electron chi connectivity index (χ4n) is 3.02. The van der Waals surface area contributed by atoms with E-state index in [0.717, 1.165) is 18.4 Å². The van der Waals surface area contributed by atoms with Crippen LogP contribution in [-0.2, 0) is 11.3 Å². The van der Waals surface area contributed by atoms with Crippen molar-refractivity contribution in [3.63, 3.8) is 0 Å². The standard InChI is InChI=1S/C18H26N2O3/c1-13(2)15-8-6-14(7-9-15)11-19(3)17(21)16-5-4-10-20(12-16)18(22)23/h6-9,13,16H,4-5,10-12H2,1-3H3,(H,22,23)/t16-/m1/s1. The number of hydrogen-bond acceptors (Lipinski definition) is 2. The molecule has 126 valence electrons. The number of nitrogens with zero attached hydrogens (tertiary/aromatic N) is 2. The Bertz CT molecular complexity index is 554. The molecule has 0 bridgehead atoms. The van der Waals surface area contributed by atoms with Gasteiger partial charge in [-0.15, -0.1) is 0 Å². The Morgan fingerprint density at radius 1 is 1.30 bits per heavy atom. The lowest BCUT2D eigenvalue weighted by Crippen LogP contribution is -2.45. The summed E-state index contributed by atoms with van der Waals surface area (Å²) in [6, 6.07) is 8.32. The number of piperidine rings is 1. The number of carboxylic acid groups (broad SMARTS) is 1. The van der Waals surface area contributed by atoms with Crippen molar-refractivity contribution >= 4 is 12.0 Å². The Labute approximate surface area is 137 Å². The van der Waals surface area contributed by atoms with Gasteiger partial charge in [0.1, 0.15) is 0 Å². The fraction of sp³-hybridized carbons (Fsp3) is 0.556. The lowest BCUT2D eigenvalue weighted by Gasteiger charge is -2.32. The third-order valence-electron chi connectivity index (χ3n) is 4.48. The average Bonchev–Trinajstić information content (AvgIpc) is 2.54. The minimum Gasteiger partial charge on any atom is -0.465 e. The Kier molecular flexibility index (Phi) is 5.64. The summed E-state index contributed by atoms with van der Waals surface area (Å²) in [6.07, 6.45) is 0.577. The number of amides is 2. The van der Waals surface area contributed by atoms with E-state index < -0.39 is 6.09 Å². The van der Waals surface area contributed by atoms with Gasteiger partial charge >= 0.3 is 6.09 Å². The van der Waals surface area contributed by atoms with E-state index in [2.05, 4.69) is 38.1 Å². The third-order valence-corrected chi connectivity index (χ3v) is 4.48. The molecule has 0 unspecified atom stereocenters. The minimum absolute atomic E-state index is 0.0314. The summed E-state index contributed by atoms with van der Waals surface area (Å²) in [5.41, 5.74) is 2.38. The van der Waals surface area contributed by atoms with Gasteiger partial charge in [0, 0.05) is 26.7 Å². The van der Waals surface area contributed by atoms with Gasteiger partial charge in [-0.25, -0.2) is 4.79 Å². The van der Waals surface area contributed by atoms with Crippen molar-refractivity contribution in [1.82, 2.24) is 9.80 Å².